The molecule has 1 atom stereocenters. The number of rotatable bonds is 4. The summed E-state index contributed by atoms with van der Waals surface area (Å²) in [5.41, 5.74) is 1.66. The van der Waals surface area contributed by atoms with Crippen molar-refractivity contribution in [3.05, 3.63) is 53.6 Å². The summed E-state index contributed by atoms with van der Waals surface area (Å²) in [6.45, 7) is 2.16. The zero-order chi connectivity index (χ0) is 17.2. The molecule has 2 aromatic rings. The van der Waals surface area contributed by atoms with Gasteiger partial charge in [-0.25, -0.2) is 4.98 Å². The lowest BCUT2D eigenvalue weighted by Gasteiger charge is -2.25. The molecular formula is C19H22N4O2. The predicted octanol–water partition coefficient (Wildman–Crippen LogP) is 1.75. The Morgan fingerprint density at radius 2 is 2.24 bits per heavy atom. The Morgan fingerprint density at radius 1 is 1.32 bits per heavy atom. The van der Waals surface area contributed by atoms with E-state index in [0.717, 1.165) is 43.7 Å². The average molecular weight is 338 g/mol. The van der Waals surface area contributed by atoms with E-state index in [-0.39, 0.29) is 17.9 Å². The molecule has 4 rings (SSSR count). The number of likely N-dealkylation sites (tertiary alicyclic amines) is 1. The van der Waals surface area contributed by atoms with Gasteiger partial charge in [0.2, 0.25) is 5.91 Å². The number of carbonyl (C=O) groups excluding carboxylic acids is 2. The van der Waals surface area contributed by atoms with Crippen molar-refractivity contribution in [2.45, 2.75) is 44.8 Å². The SMILES string of the molecule is O=C(N[C@H]1CCc2nccn2C1)c1cccc(CN2CCCC2=O)c1. The van der Waals surface area contributed by atoms with E-state index in [1.54, 1.807) is 0 Å². The maximum atomic E-state index is 12.6. The molecule has 0 bridgehead atoms. The van der Waals surface area contributed by atoms with Gasteiger partial charge in [-0.3, -0.25) is 9.59 Å². The standard InChI is InChI=1S/C19H22N4O2/c24-18-5-2-9-23(18)12-14-3-1-4-15(11-14)19(25)21-16-6-7-17-20-8-10-22(17)13-16/h1,3-4,8,10-11,16H,2,5-7,9,12-13H2,(H,21,25)/t16-/m0/s1. The number of hydrogen-bond acceptors (Lipinski definition) is 3. The fourth-order valence-corrected chi connectivity index (χ4v) is 3.66. The molecule has 1 fully saturated rings. The highest BCUT2D eigenvalue weighted by Crippen LogP contribution is 2.16. The molecule has 0 unspecified atom stereocenters. The third kappa shape index (κ3) is 3.43. The third-order valence-electron chi connectivity index (χ3n) is 5.00. The molecule has 1 saturated heterocycles. The first-order valence-electron chi connectivity index (χ1n) is 8.86. The van der Waals surface area contributed by atoms with Gasteiger partial charge >= 0.3 is 0 Å². The second kappa shape index (κ2) is 6.70. The molecule has 6 nitrogen and oxygen atoms in total. The molecule has 2 aliphatic rings. The zero-order valence-corrected chi connectivity index (χ0v) is 14.1. The van der Waals surface area contributed by atoms with Gasteiger partial charge < -0.3 is 14.8 Å². The number of nitrogens with zero attached hydrogens (tertiary/aromatic N) is 3. The molecule has 2 aliphatic heterocycles. The largest absolute Gasteiger partial charge is 0.347 e. The van der Waals surface area contributed by atoms with Crippen LogP contribution in [0.2, 0.25) is 0 Å². The van der Waals surface area contributed by atoms with Crippen molar-refractivity contribution in [1.82, 2.24) is 19.8 Å². The van der Waals surface area contributed by atoms with E-state index >= 15 is 0 Å². The summed E-state index contributed by atoms with van der Waals surface area (Å²) in [6, 6.07) is 7.71. The number of hydrogen-bond donors (Lipinski definition) is 1. The summed E-state index contributed by atoms with van der Waals surface area (Å²) in [6.07, 6.45) is 7.12. The smallest absolute Gasteiger partial charge is 0.251 e. The van der Waals surface area contributed by atoms with Crippen LogP contribution in [0.5, 0.6) is 0 Å². The molecule has 1 N–H and O–H groups in total. The molecule has 6 heteroatoms. The Kier molecular flexibility index (Phi) is 4.26. The Bertz CT molecular complexity index is 798. The Morgan fingerprint density at radius 3 is 3.08 bits per heavy atom. The highest BCUT2D eigenvalue weighted by Gasteiger charge is 2.22. The lowest BCUT2D eigenvalue weighted by atomic mass is 10.1. The van der Waals surface area contributed by atoms with Crippen LogP contribution in [-0.4, -0.2) is 38.9 Å². The molecule has 0 saturated carbocycles. The summed E-state index contributed by atoms with van der Waals surface area (Å²) in [5, 5.41) is 3.13. The van der Waals surface area contributed by atoms with Gasteiger partial charge in [-0.1, -0.05) is 12.1 Å². The van der Waals surface area contributed by atoms with E-state index in [0.29, 0.717) is 18.5 Å². The minimum Gasteiger partial charge on any atom is -0.347 e. The summed E-state index contributed by atoms with van der Waals surface area (Å²) in [7, 11) is 0. The van der Waals surface area contributed by atoms with Crippen LogP contribution in [0.25, 0.3) is 0 Å². The number of benzene rings is 1. The van der Waals surface area contributed by atoms with E-state index in [2.05, 4.69) is 14.9 Å². The first-order valence-corrected chi connectivity index (χ1v) is 8.86. The number of nitrogens with one attached hydrogen (secondary N) is 1. The number of aryl methyl sites for hydroxylation is 1. The van der Waals surface area contributed by atoms with E-state index < -0.39 is 0 Å². The van der Waals surface area contributed by atoms with Crippen LogP contribution >= 0.6 is 0 Å². The molecule has 0 aliphatic carbocycles. The predicted molar refractivity (Wildman–Crippen MR) is 92.9 cm³/mol. The highest BCUT2D eigenvalue weighted by atomic mass is 16.2. The van der Waals surface area contributed by atoms with Gasteiger partial charge in [-0.2, -0.15) is 0 Å². The number of aromatic nitrogens is 2. The van der Waals surface area contributed by atoms with E-state index in [1.165, 1.54) is 0 Å². The normalized spacial score (nSPS) is 19.8. The maximum absolute atomic E-state index is 12.6. The lowest BCUT2D eigenvalue weighted by molar-refractivity contribution is -0.128. The molecular weight excluding hydrogens is 316 g/mol. The van der Waals surface area contributed by atoms with E-state index in [9.17, 15) is 9.59 Å². The van der Waals surface area contributed by atoms with Crippen LogP contribution < -0.4 is 5.32 Å². The highest BCUT2D eigenvalue weighted by molar-refractivity contribution is 5.94. The fraction of sp³-hybridized carbons (Fsp3) is 0.421. The number of fused-ring (bicyclic) bond motifs is 1. The van der Waals surface area contributed by atoms with Gasteiger partial charge in [0, 0.05) is 56.5 Å². The van der Waals surface area contributed by atoms with Gasteiger partial charge in [0.25, 0.3) is 5.91 Å². The van der Waals surface area contributed by atoms with Gasteiger partial charge in [0.1, 0.15) is 5.82 Å². The summed E-state index contributed by atoms with van der Waals surface area (Å²) in [5.74, 6) is 1.24. The van der Waals surface area contributed by atoms with Gasteiger partial charge in [-0.05, 0) is 30.5 Å². The fourth-order valence-electron chi connectivity index (χ4n) is 3.66. The molecule has 0 spiro atoms. The van der Waals surface area contributed by atoms with E-state index in [1.807, 2.05) is 41.6 Å². The second-order valence-electron chi connectivity index (χ2n) is 6.82. The molecule has 130 valence electrons. The Hall–Kier alpha value is -2.63. The molecule has 1 aromatic heterocycles. The minimum absolute atomic E-state index is 0.0526. The van der Waals surface area contributed by atoms with Crippen molar-refractivity contribution in [2.24, 2.45) is 0 Å². The summed E-state index contributed by atoms with van der Waals surface area (Å²) >= 11 is 0. The molecule has 0 radical (unpaired) electrons. The topological polar surface area (TPSA) is 67.2 Å². The first-order chi connectivity index (χ1) is 12.2. The Balaban J connectivity index is 1.40. The number of carbonyl (C=O) groups is 2. The van der Waals surface area contributed by atoms with Crippen LogP contribution in [0.3, 0.4) is 0 Å². The Labute approximate surface area is 146 Å². The summed E-state index contributed by atoms with van der Waals surface area (Å²) in [4.78, 5) is 30.6. The van der Waals surface area contributed by atoms with Crippen molar-refractivity contribution in [1.29, 1.82) is 0 Å². The molecule has 1 aromatic carbocycles. The van der Waals surface area contributed by atoms with Crippen LogP contribution in [0.4, 0.5) is 0 Å². The van der Waals surface area contributed by atoms with Crippen LogP contribution in [0.1, 0.15) is 41.0 Å². The summed E-state index contributed by atoms with van der Waals surface area (Å²) < 4.78 is 2.10. The third-order valence-corrected chi connectivity index (χ3v) is 5.00. The van der Waals surface area contributed by atoms with Gasteiger partial charge in [-0.15, -0.1) is 0 Å². The van der Waals surface area contributed by atoms with Crippen molar-refractivity contribution >= 4 is 11.8 Å². The first kappa shape index (κ1) is 15.9. The van der Waals surface area contributed by atoms with Gasteiger partial charge in [0.15, 0.2) is 0 Å². The lowest BCUT2D eigenvalue weighted by Crippen LogP contribution is -2.40. The van der Waals surface area contributed by atoms with Gasteiger partial charge in [0.05, 0.1) is 0 Å². The van der Waals surface area contributed by atoms with Crippen molar-refractivity contribution in [3.8, 4) is 0 Å². The molecule has 25 heavy (non-hydrogen) atoms. The zero-order valence-electron chi connectivity index (χ0n) is 14.1. The van der Waals surface area contributed by atoms with Crippen LogP contribution in [0, 0.1) is 0 Å². The second-order valence-corrected chi connectivity index (χ2v) is 6.82. The minimum atomic E-state index is -0.0526. The maximum Gasteiger partial charge on any atom is 0.251 e. The molecule has 3 heterocycles. The van der Waals surface area contributed by atoms with Crippen molar-refractivity contribution in [2.75, 3.05) is 6.54 Å². The molecule has 2 amide bonds. The van der Waals surface area contributed by atoms with Crippen molar-refractivity contribution in [3.63, 3.8) is 0 Å². The van der Waals surface area contributed by atoms with Crippen molar-refractivity contribution < 1.29 is 9.59 Å². The van der Waals surface area contributed by atoms with E-state index in [4.69, 9.17) is 0 Å². The number of imidazole rings is 1. The van der Waals surface area contributed by atoms with Crippen LogP contribution in [0.15, 0.2) is 36.7 Å². The van der Waals surface area contributed by atoms with Crippen LogP contribution in [-0.2, 0) is 24.3 Å². The quantitative estimate of drug-likeness (QED) is 0.923. The number of amides is 2. The average Bonchev–Trinajstić information content (AvgIpc) is 3.24. The monoisotopic (exact) mass is 338 g/mol.